The quantitative estimate of drug-likeness (QED) is 0.443. The van der Waals surface area contributed by atoms with Crippen LogP contribution in [0.3, 0.4) is 0 Å². The molecule has 0 atom stereocenters. The summed E-state index contributed by atoms with van der Waals surface area (Å²) < 4.78 is 9.06. The van der Waals surface area contributed by atoms with Crippen molar-refractivity contribution in [2.75, 3.05) is 18.0 Å². The Morgan fingerprint density at radius 2 is 1.78 bits per heavy atom. The van der Waals surface area contributed by atoms with Crippen molar-refractivity contribution in [1.29, 1.82) is 0 Å². The number of hydrogen-bond acceptors (Lipinski definition) is 6. The molecule has 1 N–H and O–H groups in total. The molecule has 1 amide bonds. The minimum absolute atomic E-state index is 0.128. The van der Waals surface area contributed by atoms with E-state index in [0.717, 1.165) is 54.1 Å². The van der Waals surface area contributed by atoms with Crippen LogP contribution in [0.15, 0.2) is 47.7 Å². The Morgan fingerprint density at radius 1 is 1.05 bits per heavy atom. The summed E-state index contributed by atoms with van der Waals surface area (Å²) in [5.41, 5.74) is 4.95. The molecule has 5 heterocycles. The van der Waals surface area contributed by atoms with Gasteiger partial charge in [-0.25, -0.2) is 9.78 Å². The van der Waals surface area contributed by atoms with Gasteiger partial charge in [0.1, 0.15) is 11.2 Å². The smallest absolute Gasteiger partial charge is 0.408 e. The van der Waals surface area contributed by atoms with E-state index in [9.17, 15) is 9.59 Å². The number of pyridine rings is 1. The number of nitrogens with one attached hydrogen (secondary N) is 1. The normalized spacial score (nSPS) is 15.8. The van der Waals surface area contributed by atoms with E-state index in [4.69, 9.17) is 9.72 Å². The predicted octanol–water partition coefficient (Wildman–Crippen LogP) is 4.51. The lowest BCUT2D eigenvalue weighted by Crippen LogP contribution is -2.54. The van der Waals surface area contributed by atoms with E-state index < -0.39 is 5.60 Å². The Labute approximate surface area is 216 Å². The second kappa shape index (κ2) is 8.90. The zero-order valence-electron chi connectivity index (χ0n) is 22.3. The number of aryl methyl sites for hydroxylation is 2. The Hall–Kier alpha value is -3.88. The molecule has 0 aliphatic carbocycles. The van der Waals surface area contributed by atoms with Crippen molar-refractivity contribution in [1.82, 2.24) is 24.1 Å². The van der Waals surface area contributed by atoms with Crippen molar-refractivity contribution < 1.29 is 9.53 Å². The third-order valence-electron chi connectivity index (χ3n) is 6.86. The van der Waals surface area contributed by atoms with Crippen molar-refractivity contribution in [3.8, 4) is 11.3 Å². The van der Waals surface area contributed by atoms with E-state index in [1.54, 1.807) is 10.5 Å². The van der Waals surface area contributed by atoms with E-state index in [-0.39, 0.29) is 17.2 Å². The SMILES string of the molecule is Cc1cn2cc(-c3cc(=O)n4cc(N5CCC(C)(NC(=O)OC(C)(C)C)CC5)ccc4n3)cc2c(C)n1. The summed E-state index contributed by atoms with van der Waals surface area (Å²) >= 11 is 0. The molecule has 4 aromatic heterocycles. The van der Waals surface area contributed by atoms with Crippen LogP contribution in [0.2, 0.25) is 0 Å². The minimum atomic E-state index is -0.530. The average molecular weight is 503 g/mol. The summed E-state index contributed by atoms with van der Waals surface area (Å²) in [6, 6.07) is 7.49. The van der Waals surface area contributed by atoms with Gasteiger partial charge in [-0.3, -0.25) is 14.2 Å². The van der Waals surface area contributed by atoms with Crippen LogP contribution < -0.4 is 15.8 Å². The van der Waals surface area contributed by atoms with Crippen molar-refractivity contribution in [2.45, 2.75) is 65.5 Å². The van der Waals surface area contributed by atoms with E-state index >= 15 is 0 Å². The molecule has 0 radical (unpaired) electrons. The fourth-order valence-corrected chi connectivity index (χ4v) is 4.93. The fraction of sp³-hybridized carbons (Fsp3) is 0.429. The second-order valence-corrected chi connectivity index (χ2v) is 11.3. The van der Waals surface area contributed by atoms with Gasteiger partial charge in [0.2, 0.25) is 0 Å². The molecule has 0 saturated carbocycles. The highest BCUT2D eigenvalue weighted by molar-refractivity contribution is 5.70. The van der Waals surface area contributed by atoms with Gasteiger partial charge in [0.25, 0.3) is 5.56 Å². The number of ether oxygens (including phenoxy) is 1. The molecule has 0 aromatic carbocycles. The number of fused-ring (bicyclic) bond motifs is 2. The first-order valence-corrected chi connectivity index (χ1v) is 12.7. The summed E-state index contributed by atoms with van der Waals surface area (Å²) in [6.07, 6.45) is 6.96. The predicted molar refractivity (Wildman–Crippen MR) is 144 cm³/mol. The van der Waals surface area contributed by atoms with E-state index in [2.05, 4.69) is 22.1 Å². The lowest BCUT2D eigenvalue weighted by atomic mass is 9.89. The number of hydrogen-bond donors (Lipinski definition) is 1. The van der Waals surface area contributed by atoms with Crippen LogP contribution in [0.4, 0.5) is 10.5 Å². The number of aromatic nitrogens is 4. The van der Waals surface area contributed by atoms with Crippen molar-refractivity contribution >= 4 is 22.9 Å². The molecule has 5 rings (SSSR count). The van der Waals surface area contributed by atoms with Gasteiger partial charge in [-0.2, -0.15) is 0 Å². The molecule has 9 nitrogen and oxygen atoms in total. The van der Waals surface area contributed by atoms with Crippen LogP contribution in [0.5, 0.6) is 0 Å². The lowest BCUT2D eigenvalue weighted by molar-refractivity contribution is 0.0448. The van der Waals surface area contributed by atoms with Crippen molar-refractivity contribution in [2.24, 2.45) is 0 Å². The third kappa shape index (κ3) is 5.16. The lowest BCUT2D eigenvalue weighted by Gasteiger charge is -2.41. The van der Waals surface area contributed by atoms with Gasteiger partial charge >= 0.3 is 6.09 Å². The minimum Gasteiger partial charge on any atom is -0.444 e. The van der Waals surface area contributed by atoms with Crippen LogP contribution in [0, 0.1) is 13.8 Å². The molecule has 1 aliphatic rings. The monoisotopic (exact) mass is 502 g/mol. The van der Waals surface area contributed by atoms with E-state index in [1.165, 1.54) is 0 Å². The number of rotatable bonds is 3. The summed E-state index contributed by atoms with van der Waals surface area (Å²) in [6.45, 7) is 13.1. The number of amides is 1. The van der Waals surface area contributed by atoms with E-state index in [0.29, 0.717) is 11.3 Å². The molecule has 1 fully saturated rings. The highest BCUT2D eigenvalue weighted by Gasteiger charge is 2.33. The molecular weight excluding hydrogens is 468 g/mol. The standard InChI is InChI=1S/C28H34N6O3/c1-18-15-33-16-20(13-23(33)19(2)29-18)22-14-25(35)34-17-21(7-8-24(34)30-22)32-11-9-28(6,10-12-32)31-26(36)37-27(3,4)5/h7-8,13-17H,9-12H2,1-6H3,(H,31,36). The first-order valence-electron chi connectivity index (χ1n) is 12.7. The molecule has 1 saturated heterocycles. The van der Waals surface area contributed by atoms with Gasteiger partial charge in [0, 0.05) is 48.8 Å². The van der Waals surface area contributed by atoms with Crippen LogP contribution in [0.25, 0.3) is 22.4 Å². The fourth-order valence-electron chi connectivity index (χ4n) is 4.93. The molecule has 0 unspecified atom stereocenters. The summed E-state index contributed by atoms with van der Waals surface area (Å²) in [5.74, 6) is 0. The topological polar surface area (TPSA) is 93.2 Å². The first kappa shape index (κ1) is 24.8. The average Bonchev–Trinajstić information content (AvgIpc) is 3.22. The highest BCUT2D eigenvalue weighted by Crippen LogP contribution is 2.27. The Morgan fingerprint density at radius 3 is 2.49 bits per heavy atom. The maximum atomic E-state index is 13.1. The Kier molecular flexibility index (Phi) is 5.96. The molecule has 194 valence electrons. The number of carbonyl (C=O) groups excluding carboxylic acids is 1. The van der Waals surface area contributed by atoms with Gasteiger partial charge in [-0.05, 0) is 72.6 Å². The maximum Gasteiger partial charge on any atom is 0.408 e. The van der Waals surface area contributed by atoms with Crippen LogP contribution >= 0.6 is 0 Å². The molecule has 0 bridgehead atoms. The summed E-state index contributed by atoms with van der Waals surface area (Å²) in [5, 5.41) is 3.04. The molecule has 37 heavy (non-hydrogen) atoms. The van der Waals surface area contributed by atoms with Gasteiger partial charge in [-0.15, -0.1) is 0 Å². The number of alkyl carbamates (subject to hydrolysis) is 1. The summed E-state index contributed by atoms with van der Waals surface area (Å²) in [4.78, 5) is 36.9. The number of carbonyl (C=O) groups is 1. The van der Waals surface area contributed by atoms with Crippen molar-refractivity contribution in [3.63, 3.8) is 0 Å². The van der Waals surface area contributed by atoms with Crippen LogP contribution in [-0.4, -0.2) is 49.1 Å². The van der Waals surface area contributed by atoms with Crippen LogP contribution in [0.1, 0.15) is 51.9 Å². The molecular formula is C28H34N6O3. The highest BCUT2D eigenvalue weighted by atomic mass is 16.6. The van der Waals surface area contributed by atoms with Gasteiger partial charge in [0.15, 0.2) is 0 Å². The number of anilines is 1. The second-order valence-electron chi connectivity index (χ2n) is 11.3. The third-order valence-corrected chi connectivity index (χ3v) is 6.86. The first-order chi connectivity index (χ1) is 17.4. The Balaban J connectivity index is 1.35. The van der Waals surface area contributed by atoms with Crippen molar-refractivity contribution in [3.05, 3.63) is 64.6 Å². The van der Waals surface area contributed by atoms with E-state index in [1.807, 2.05) is 75.8 Å². The van der Waals surface area contributed by atoms with Gasteiger partial charge in [0.05, 0.1) is 28.3 Å². The molecule has 0 spiro atoms. The Bertz CT molecular complexity index is 1550. The molecule has 9 heteroatoms. The zero-order valence-corrected chi connectivity index (χ0v) is 22.3. The van der Waals surface area contributed by atoms with Gasteiger partial charge < -0.3 is 19.4 Å². The molecule has 4 aromatic rings. The largest absolute Gasteiger partial charge is 0.444 e. The van der Waals surface area contributed by atoms with Crippen LogP contribution in [-0.2, 0) is 4.74 Å². The number of piperidine rings is 1. The molecule has 1 aliphatic heterocycles. The zero-order chi connectivity index (χ0) is 26.5. The summed E-state index contributed by atoms with van der Waals surface area (Å²) in [7, 11) is 0. The van der Waals surface area contributed by atoms with Gasteiger partial charge in [-0.1, -0.05) is 0 Å². The number of nitrogens with zero attached hydrogens (tertiary/aromatic N) is 5. The maximum absolute atomic E-state index is 13.1.